The van der Waals surface area contributed by atoms with Gasteiger partial charge in [-0.15, -0.1) is 0 Å². The Kier molecular flexibility index (Phi) is 5.07. The summed E-state index contributed by atoms with van der Waals surface area (Å²) < 4.78 is 11.0. The number of nitrogens with two attached hydrogens (primary N) is 1. The largest absolute Gasteiger partial charge is 0.486 e. The van der Waals surface area contributed by atoms with Crippen LogP contribution in [0, 0.1) is 5.92 Å². The lowest BCUT2D eigenvalue weighted by molar-refractivity contribution is -0.123. The van der Waals surface area contributed by atoms with Crippen LogP contribution in [0.3, 0.4) is 0 Å². The van der Waals surface area contributed by atoms with Crippen LogP contribution in [0.4, 0.5) is 0 Å². The van der Waals surface area contributed by atoms with Crippen molar-refractivity contribution in [3.63, 3.8) is 0 Å². The first-order valence-electron chi connectivity index (χ1n) is 7.43. The number of amides is 1. The van der Waals surface area contributed by atoms with Crippen molar-refractivity contribution in [3.8, 4) is 11.5 Å². The molecule has 2 rings (SSSR count). The van der Waals surface area contributed by atoms with Gasteiger partial charge in [-0.2, -0.15) is 0 Å². The first-order valence-corrected chi connectivity index (χ1v) is 7.43. The summed E-state index contributed by atoms with van der Waals surface area (Å²) in [4.78, 5) is 12.1. The Bertz CT molecular complexity index is 502. The Labute approximate surface area is 125 Å². The standard InChI is InChI=1S/C16H24N2O3/c1-10(2)8-13(17)16(19)18-11(3)12-4-5-14-15(9-12)21-7-6-20-14/h4-5,9-11,13H,6-8,17H2,1-3H3,(H,18,19)/t11?,13-/m0/s1. The molecule has 1 aliphatic rings. The van der Waals surface area contributed by atoms with E-state index in [1.807, 2.05) is 25.1 Å². The second kappa shape index (κ2) is 6.80. The number of benzene rings is 1. The molecule has 3 N–H and O–H groups in total. The van der Waals surface area contributed by atoms with Crippen LogP contribution in [0.25, 0.3) is 0 Å². The van der Waals surface area contributed by atoms with Gasteiger partial charge in [-0.25, -0.2) is 0 Å². The van der Waals surface area contributed by atoms with Crippen molar-refractivity contribution >= 4 is 5.91 Å². The fourth-order valence-corrected chi connectivity index (χ4v) is 2.35. The lowest BCUT2D eigenvalue weighted by Crippen LogP contribution is -2.42. The zero-order chi connectivity index (χ0) is 15.4. The second-order valence-corrected chi connectivity index (χ2v) is 5.87. The van der Waals surface area contributed by atoms with Crippen LogP contribution < -0.4 is 20.5 Å². The van der Waals surface area contributed by atoms with Crippen molar-refractivity contribution in [3.05, 3.63) is 23.8 Å². The molecule has 2 atom stereocenters. The highest BCUT2D eigenvalue weighted by Crippen LogP contribution is 2.32. The lowest BCUT2D eigenvalue weighted by atomic mass is 10.0. The van der Waals surface area contributed by atoms with Gasteiger partial charge in [0.15, 0.2) is 11.5 Å². The molecule has 5 nitrogen and oxygen atoms in total. The third-order valence-corrected chi connectivity index (χ3v) is 3.49. The SMILES string of the molecule is CC(C)C[C@H](N)C(=O)NC(C)c1ccc2c(c1)OCCO2. The number of ether oxygens (including phenoxy) is 2. The van der Waals surface area contributed by atoms with E-state index in [9.17, 15) is 4.79 Å². The van der Waals surface area contributed by atoms with Gasteiger partial charge in [0.25, 0.3) is 0 Å². The van der Waals surface area contributed by atoms with Gasteiger partial charge in [0.2, 0.25) is 5.91 Å². The average Bonchev–Trinajstić information content (AvgIpc) is 2.45. The third kappa shape index (κ3) is 4.11. The maximum Gasteiger partial charge on any atom is 0.237 e. The second-order valence-electron chi connectivity index (χ2n) is 5.87. The number of hydrogen-bond donors (Lipinski definition) is 2. The van der Waals surface area contributed by atoms with Gasteiger partial charge in [0.05, 0.1) is 12.1 Å². The molecular weight excluding hydrogens is 268 g/mol. The molecule has 1 aliphatic heterocycles. The van der Waals surface area contributed by atoms with E-state index in [0.717, 1.165) is 17.1 Å². The zero-order valence-corrected chi connectivity index (χ0v) is 12.9. The van der Waals surface area contributed by atoms with Gasteiger partial charge in [-0.1, -0.05) is 19.9 Å². The quantitative estimate of drug-likeness (QED) is 0.870. The molecule has 1 amide bonds. The molecule has 0 aliphatic carbocycles. The summed E-state index contributed by atoms with van der Waals surface area (Å²) in [7, 11) is 0. The Balaban J connectivity index is 2.00. The van der Waals surface area contributed by atoms with Crippen LogP contribution in [0.1, 0.15) is 38.8 Å². The lowest BCUT2D eigenvalue weighted by Gasteiger charge is -2.22. The van der Waals surface area contributed by atoms with Crippen molar-refractivity contribution in [1.82, 2.24) is 5.32 Å². The van der Waals surface area contributed by atoms with Crippen molar-refractivity contribution in [2.75, 3.05) is 13.2 Å². The van der Waals surface area contributed by atoms with Crippen molar-refractivity contribution < 1.29 is 14.3 Å². The minimum Gasteiger partial charge on any atom is -0.486 e. The number of rotatable bonds is 5. The van der Waals surface area contributed by atoms with E-state index >= 15 is 0 Å². The Hall–Kier alpha value is -1.75. The normalized spacial score (nSPS) is 16.4. The summed E-state index contributed by atoms with van der Waals surface area (Å²) in [6.07, 6.45) is 0.680. The first-order chi connectivity index (χ1) is 9.97. The predicted molar refractivity (Wildman–Crippen MR) is 81.4 cm³/mol. The van der Waals surface area contributed by atoms with Gasteiger partial charge < -0.3 is 20.5 Å². The monoisotopic (exact) mass is 292 g/mol. The van der Waals surface area contributed by atoms with Crippen LogP contribution in [-0.2, 0) is 4.79 Å². The van der Waals surface area contributed by atoms with Crippen molar-refractivity contribution in [1.29, 1.82) is 0 Å². The topological polar surface area (TPSA) is 73.6 Å². The molecule has 1 unspecified atom stereocenters. The van der Waals surface area contributed by atoms with Crippen LogP contribution in [-0.4, -0.2) is 25.2 Å². The molecule has 0 saturated carbocycles. The molecule has 0 fully saturated rings. The fraction of sp³-hybridized carbons (Fsp3) is 0.562. The molecular formula is C16H24N2O3. The van der Waals surface area contributed by atoms with Gasteiger partial charge in [-0.3, -0.25) is 4.79 Å². The van der Waals surface area contributed by atoms with Crippen molar-refractivity contribution in [2.24, 2.45) is 11.7 Å². The summed E-state index contributed by atoms with van der Waals surface area (Å²) in [5, 5.41) is 2.95. The maximum atomic E-state index is 12.1. The molecule has 0 aromatic heterocycles. The Morgan fingerprint density at radius 3 is 2.57 bits per heavy atom. The van der Waals surface area contributed by atoms with Crippen LogP contribution in [0.15, 0.2) is 18.2 Å². The minimum atomic E-state index is -0.468. The highest BCUT2D eigenvalue weighted by Gasteiger charge is 2.19. The zero-order valence-electron chi connectivity index (χ0n) is 12.9. The van der Waals surface area contributed by atoms with E-state index in [1.165, 1.54) is 0 Å². The highest BCUT2D eigenvalue weighted by atomic mass is 16.6. The minimum absolute atomic E-state index is 0.119. The highest BCUT2D eigenvalue weighted by molar-refractivity contribution is 5.81. The summed E-state index contributed by atoms with van der Waals surface area (Å²) >= 11 is 0. The van der Waals surface area contributed by atoms with Crippen molar-refractivity contribution in [2.45, 2.75) is 39.3 Å². The number of carbonyl (C=O) groups excluding carboxylic acids is 1. The van der Waals surface area contributed by atoms with Gasteiger partial charge in [0.1, 0.15) is 13.2 Å². The smallest absolute Gasteiger partial charge is 0.237 e. The molecule has 0 spiro atoms. The van der Waals surface area contributed by atoms with E-state index in [4.69, 9.17) is 15.2 Å². The molecule has 0 bridgehead atoms. The maximum absolute atomic E-state index is 12.1. The first kappa shape index (κ1) is 15.6. The number of hydrogen-bond acceptors (Lipinski definition) is 4. The molecule has 1 heterocycles. The van der Waals surface area contributed by atoms with Gasteiger partial charge in [-0.05, 0) is 37.0 Å². The van der Waals surface area contributed by atoms with E-state index in [-0.39, 0.29) is 11.9 Å². The molecule has 0 saturated heterocycles. The molecule has 5 heteroatoms. The molecule has 116 valence electrons. The summed E-state index contributed by atoms with van der Waals surface area (Å²) in [6.45, 7) is 7.17. The van der Waals surface area contributed by atoms with Gasteiger partial charge in [0, 0.05) is 0 Å². The number of carbonyl (C=O) groups is 1. The molecule has 1 aromatic rings. The van der Waals surface area contributed by atoms with E-state index in [2.05, 4.69) is 19.2 Å². The predicted octanol–water partition coefficient (Wildman–Crippen LogP) is 2.01. The van der Waals surface area contributed by atoms with Crippen LogP contribution >= 0.6 is 0 Å². The number of nitrogens with one attached hydrogen (secondary N) is 1. The Morgan fingerprint density at radius 1 is 1.24 bits per heavy atom. The molecule has 21 heavy (non-hydrogen) atoms. The summed E-state index contributed by atoms with van der Waals surface area (Å²) in [6, 6.07) is 5.14. The van der Waals surface area contributed by atoms with Gasteiger partial charge >= 0.3 is 0 Å². The fourth-order valence-electron chi connectivity index (χ4n) is 2.35. The molecule has 0 radical (unpaired) electrons. The third-order valence-electron chi connectivity index (χ3n) is 3.49. The summed E-state index contributed by atoms with van der Waals surface area (Å²) in [5.41, 5.74) is 6.87. The summed E-state index contributed by atoms with van der Waals surface area (Å²) in [5.74, 6) is 1.76. The van der Waals surface area contributed by atoms with E-state index in [0.29, 0.717) is 25.6 Å². The average molecular weight is 292 g/mol. The Morgan fingerprint density at radius 2 is 1.90 bits per heavy atom. The van der Waals surface area contributed by atoms with Crippen LogP contribution in [0.5, 0.6) is 11.5 Å². The number of fused-ring (bicyclic) bond motifs is 1. The van der Waals surface area contributed by atoms with Crippen LogP contribution in [0.2, 0.25) is 0 Å². The van der Waals surface area contributed by atoms with E-state index in [1.54, 1.807) is 0 Å². The van der Waals surface area contributed by atoms with E-state index < -0.39 is 6.04 Å². The molecule has 1 aromatic carbocycles.